The van der Waals surface area contributed by atoms with E-state index < -0.39 is 0 Å². The Balaban J connectivity index is 2.21. The Hall–Kier alpha value is -1.88. The summed E-state index contributed by atoms with van der Waals surface area (Å²) in [7, 11) is 0. The van der Waals surface area contributed by atoms with Gasteiger partial charge in [0.25, 0.3) is 5.91 Å². The van der Waals surface area contributed by atoms with Crippen LogP contribution in [0.1, 0.15) is 22.8 Å². The molecule has 0 aliphatic heterocycles. The van der Waals surface area contributed by atoms with Crippen molar-refractivity contribution in [3.63, 3.8) is 0 Å². The van der Waals surface area contributed by atoms with Crippen molar-refractivity contribution in [1.29, 1.82) is 0 Å². The van der Waals surface area contributed by atoms with Crippen molar-refractivity contribution in [1.82, 2.24) is 4.98 Å². The third-order valence-corrected chi connectivity index (χ3v) is 3.61. The summed E-state index contributed by atoms with van der Waals surface area (Å²) < 4.78 is 6.36. The summed E-state index contributed by atoms with van der Waals surface area (Å²) in [4.78, 5) is 16.3. The van der Waals surface area contributed by atoms with Gasteiger partial charge in [0, 0.05) is 16.2 Å². The van der Waals surface area contributed by atoms with Gasteiger partial charge in [-0.2, -0.15) is 0 Å². The molecule has 4 nitrogen and oxygen atoms in total. The fraction of sp³-hybridized carbons (Fsp3) is 0.200. The molecule has 104 valence electrons. The van der Waals surface area contributed by atoms with Gasteiger partial charge in [-0.25, -0.2) is 4.98 Å². The van der Waals surface area contributed by atoms with E-state index in [0.717, 1.165) is 10.0 Å². The third-order valence-electron chi connectivity index (χ3n) is 2.72. The highest BCUT2D eigenvalue weighted by atomic mass is 79.9. The number of nitrogens with one attached hydrogen (secondary N) is 1. The van der Waals surface area contributed by atoms with Crippen molar-refractivity contribution in [2.24, 2.45) is 0 Å². The SMILES string of the molecule is CCOc1ncccc1NC(=O)c1ccc(Br)c(C)c1. The van der Waals surface area contributed by atoms with E-state index in [2.05, 4.69) is 26.2 Å². The zero-order valence-electron chi connectivity index (χ0n) is 11.3. The van der Waals surface area contributed by atoms with Gasteiger partial charge in [-0.05, 0) is 49.7 Å². The molecule has 5 heteroatoms. The summed E-state index contributed by atoms with van der Waals surface area (Å²) in [5, 5.41) is 2.82. The lowest BCUT2D eigenvalue weighted by molar-refractivity contribution is 0.102. The number of hydrogen-bond acceptors (Lipinski definition) is 3. The Labute approximate surface area is 126 Å². The summed E-state index contributed by atoms with van der Waals surface area (Å²) in [6.07, 6.45) is 1.63. The van der Waals surface area contributed by atoms with E-state index in [-0.39, 0.29) is 5.91 Å². The van der Waals surface area contributed by atoms with Gasteiger partial charge >= 0.3 is 0 Å². The first-order valence-corrected chi connectivity index (χ1v) is 7.06. The number of hydrogen-bond donors (Lipinski definition) is 1. The van der Waals surface area contributed by atoms with Gasteiger partial charge < -0.3 is 10.1 Å². The molecule has 0 fully saturated rings. The zero-order chi connectivity index (χ0) is 14.5. The highest BCUT2D eigenvalue weighted by Crippen LogP contribution is 2.22. The zero-order valence-corrected chi connectivity index (χ0v) is 12.9. The number of halogens is 1. The molecule has 0 saturated heterocycles. The Kier molecular flexibility index (Phi) is 4.74. The summed E-state index contributed by atoms with van der Waals surface area (Å²) in [5.74, 6) is 0.242. The number of anilines is 1. The number of rotatable bonds is 4. The molecule has 0 bridgehead atoms. The molecule has 1 amide bonds. The fourth-order valence-electron chi connectivity index (χ4n) is 1.72. The van der Waals surface area contributed by atoms with Crippen LogP contribution in [0.25, 0.3) is 0 Å². The molecule has 0 spiro atoms. The van der Waals surface area contributed by atoms with Crippen LogP contribution in [0.2, 0.25) is 0 Å². The van der Waals surface area contributed by atoms with Gasteiger partial charge in [-0.3, -0.25) is 4.79 Å². The maximum absolute atomic E-state index is 12.2. The highest BCUT2D eigenvalue weighted by molar-refractivity contribution is 9.10. The average molecular weight is 335 g/mol. The van der Waals surface area contributed by atoms with Gasteiger partial charge in [0.1, 0.15) is 5.69 Å². The molecular weight excluding hydrogens is 320 g/mol. The summed E-state index contributed by atoms with van der Waals surface area (Å²) in [6.45, 7) is 4.31. The molecule has 20 heavy (non-hydrogen) atoms. The Morgan fingerprint density at radius 1 is 1.40 bits per heavy atom. The quantitative estimate of drug-likeness (QED) is 0.925. The Morgan fingerprint density at radius 3 is 2.90 bits per heavy atom. The van der Waals surface area contributed by atoms with Crippen molar-refractivity contribution in [3.8, 4) is 5.88 Å². The number of benzene rings is 1. The maximum atomic E-state index is 12.2. The van der Waals surface area contributed by atoms with E-state index in [1.54, 1.807) is 24.4 Å². The number of pyridine rings is 1. The number of nitrogens with zero attached hydrogens (tertiary/aromatic N) is 1. The summed E-state index contributed by atoms with van der Waals surface area (Å²) >= 11 is 3.42. The largest absolute Gasteiger partial charge is 0.476 e. The normalized spacial score (nSPS) is 10.2. The Morgan fingerprint density at radius 2 is 2.20 bits per heavy atom. The lowest BCUT2D eigenvalue weighted by Crippen LogP contribution is -2.13. The first kappa shape index (κ1) is 14.5. The van der Waals surface area contributed by atoms with Gasteiger partial charge in [0.05, 0.1) is 6.61 Å². The lowest BCUT2D eigenvalue weighted by Gasteiger charge is -2.10. The standard InChI is InChI=1S/C15H15BrN2O2/c1-3-20-15-13(5-4-8-17-15)18-14(19)11-6-7-12(16)10(2)9-11/h4-9H,3H2,1-2H3,(H,18,19). The summed E-state index contributed by atoms with van der Waals surface area (Å²) in [5.41, 5.74) is 2.17. The second kappa shape index (κ2) is 6.52. The first-order chi connectivity index (χ1) is 9.61. The van der Waals surface area contributed by atoms with E-state index in [1.807, 2.05) is 26.0 Å². The van der Waals surface area contributed by atoms with Crippen molar-refractivity contribution >= 4 is 27.5 Å². The second-order valence-electron chi connectivity index (χ2n) is 4.21. The number of ether oxygens (including phenoxy) is 1. The van der Waals surface area contributed by atoms with Gasteiger partial charge in [-0.15, -0.1) is 0 Å². The molecule has 0 radical (unpaired) electrons. The molecule has 0 saturated carbocycles. The third kappa shape index (κ3) is 3.36. The van der Waals surface area contributed by atoms with Crippen LogP contribution in [0.15, 0.2) is 41.0 Å². The number of carbonyl (C=O) groups excluding carboxylic acids is 1. The van der Waals surface area contributed by atoms with Crippen LogP contribution in [-0.4, -0.2) is 17.5 Å². The minimum Gasteiger partial charge on any atom is -0.476 e. The van der Waals surface area contributed by atoms with E-state index in [1.165, 1.54) is 0 Å². The van der Waals surface area contributed by atoms with Crippen LogP contribution in [0, 0.1) is 6.92 Å². The average Bonchev–Trinajstić information content (AvgIpc) is 2.44. The predicted molar refractivity (Wildman–Crippen MR) is 82.2 cm³/mol. The molecule has 0 atom stereocenters. The predicted octanol–water partition coefficient (Wildman–Crippen LogP) is 3.80. The van der Waals surface area contributed by atoms with Crippen molar-refractivity contribution in [2.75, 3.05) is 11.9 Å². The van der Waals surface area contributed by atoms with Crippen LogP contribution in [0.5, 0.6) is 5.88 Å². The maximum Gasteiger partial charge on any atom is 0.255 e. The minimum absolute atomic E-state index is 0.186. The molecule has 1 aromatic heterocycles. The number of aryl methyl sites for hydroxylation is 1. The first-order valence-electron chi connectivity index (χ1n) is 6.27. The van der Waals surface area contributed by atoms with Crippen molar-refractivity contribution in [3.05, 3.63) is 52.1 Å². The molecule has 0 aliphatic rings. The molecular formula is C15H15BrN2O2. The highest BCUT2D eigenvalue weighted by Gasteiger charge is 2.11. The molecule has 1 heterocycles. The van der Waals surface area contributed by atoms with Crippen LogP contribution < -0.4 is 10.1 Å². The molecule has 2 rings (SSSR count). The molecule has 2 aromatic rings. The van der Waals surface area contributed by atoms with Gasteiger partial charge in [-0.1, -0.05) is 15.9 Å². The second-order valence-corrected chi connectivity index (χ2v) is 5.06. The van der Waals surface area contributed by atoms with Crippen molar-refractivity contribution < 1.29 is 9.53 Å². The minimum atomic E-state index is -0.186. The number of amides is 1. The summed E-state index contributed by atoms with van der Waals surface area (Å²) in [6, 6.07) is 8.97. The van der Waals surface area contributed by atoms with E-state index in [0.29, 0.717) is 23.7 Å². The molecule has 1 aromatic carbocycles. The fourth-order valence-corrected chi connectivity index (χ4v) is 1.96. The van der Waals surface area contributed by atoms with Crippen LogP contribution >= 0.6 is 15.9 Å². The lowest BCUT2D eigenvalue weighted by atomic mass is 10.1. The molecule has 0 aliphatic carbocycles. The smallest absolute Gasteiger partial charge is 0.255 e. The number of aromatic nitrogens is 1. The van der Waals surface area contributed by atoms with E-state index >= 15 is 0 Å². The van der Waals surface area contributed by atoms with E-state index in [4.69, 9.17) is 4.74 Å². The van der Waals surface area contributed by atoms with Crippen LogP contribution in [0.4, 0.5) is 5.69 Å². The monoisotopic (exact) mass is 334 g/mol. The number of carbonyl (C=O) groups is 1. The molecule has 1 N–H and O–H groups in total. The Bertz CT molecular complexity index is 629. The van der Waals surface area contributed by atoms with Gasteiger partial charge in [0.2, 0.25) is 5.88 Å². The van der Waals surface area contributed by atoms with Crippen molar-refractivity contribution in [2.45, 2.75) is 13.8 Å². The molecule has 0 unspecified atom stereocenters. The van der Waals surface area contributed by atoms with Crippen LogP contribution in [0.3, 0.4) is 0 Å². The van der Waals surface area contributed by atoms with Crippen LogP contribution in [-0.2, 0) is 0 Å². The topological polar surface area (TPSA) is 51.2 Å². The van der Waals surface area contributed by atoms with Gasteiger partial charge in [0.15, 0.2) is 0 Å². The van der Waals surface area contributed by atoms with E-state index in [9.17, 15) is 4.79 Å².